The standard InChI is InChI=1S/C17H22N4O4S/c1-21(2)17(23)19-16-13(14(18)22)15(20-26-16)25-9-5-7-11-6-4-8-12(10-11)24-3/h4,6,8,10H,5,7,9H2,1-3H3,(H2,18,22)(H,19,23). The van der Waals surface area contributed by atoms with Crippen LogP contribution in [0.3, 0.4) is 0 Å². The number of amides is 3. The van der Waals surface area contributed by atoms with Crippen LogP contribution in [0.25, 0.3) is 0 Å². The fourth-order valence-corrected chi connectivity index (χ4v) is 2.89. The van der Waals surface area contributed by atoms with Gasteiger partial charge in [0.2, 0.25) is 5.88 Å². The van der Waals surface area contributed by atoms with E-state index in [1.807, 2.05) is 24.3 Å². The van der Waals surface area contributed by atoms with E-state index in [-0.39, 0.29) is 22.5 Å². The van der Waals surface area contributed by atoms with Gasteiger partial charge in [0.15, 0.2) is 0 Å². The molecule has 0 radical (unpaired) electrons. The lowest BCUT2D eigenvalue weighted by Gasteiger charge is -2.11. The first-order chi connectivity index (χ1) is 12.4. The Labute approximate surface area is 156 Å². The Kier molecular flexibility index (Phi) is 6.79. The number of aromatic nitrogens is 1. The van der Waals surface area contributed by atoms with Crippen molar-refractivity contribution in [3.8, 4) is 11.6 Å². The molecule has 140 valence electrons. The molecule has 1 aromatic heterocycles. The Morgan fingerprint density at radius 1 is 1.35 bits per heavy atom. The summed E-state index contributed by atoms with van der Waals surface area (Å²) in [6, 6.07) is 7.42. The summed E-state index contributed by atoms with van der Waals surface area (Å²) >= 11 is 0.959. The number of nitrogens with two attached hydrogens (primary N) is 1. The molecule has 0 aliphatic carbocycles. The first kappa shape index (κ1) is 19.5. The van der Waals surface area contributed by atoms with Crippen molar-refractivity contribution in [1.82, 2.24) is 9.27 Å². The first-order valence-electron chi connectivity index (χ1n) is 7.96. The molecule has 1 aromatic carbocycles. The number of aryl methyl sites for hydroxylation is 1. The third-order valence-corrected chi connectivity index (χ3v) is 4.26. The predicted molar refractivity (Wildman–Crippen MR) is 100 cm³/mol. The smallest absolute Gasteiger partial charge is 0.321 e. The van der Waals surface area contributed by atoms with E-state index in [1.54, 1.807) is 21.2 Å². The van der Waals surface area contributed by atoms with Crippen LogP contribution in [-0.2, 0) is 6.42 Å². The molecular formula is C17H22N4O4S. The van der Waals surface area contributed by atoms with E-state index in [0.29, 0.717) is 6.61 Å². The molecule has 0 bridgehead atoms. The SMILES string of the molecule is COc1cccc(CCCOc2nsc(NC(=O)N(C)C)c2C(N)=O)c1. The lowest BCUT2D eigenvalue weighted by Crippen LogP contribution is -2.28. The van der Waals surface area contributed by atoms with Gasteiger partial charge in [0.1, 0.15) is 16.3 Å². The second kappa shape index (κ2) is 9.04. The van der Waals surface area contributed by atoms with Crippen molar-refractivity contribution in [3.05, 3.63) is 35.4 Å². The highest BCUT2D eigenvalue weighted by Gasteiger charge is 2.22. The summed E-state index contributed by atoms with van der Waals surface area (Å²) in [6.07, 6.45) is 1.51. The van der Waals surface area contributed by atoms with Crippen molar-refractivity contribution >= 4 is 28.5 Å². The molecule has 0 saturated carbocycles. The number of methoxy groups -OCH3 is 1. The number of carbonyl (C=O) groups is 2. The highest BCUT2D eigenvalue weighted by molar-refractivity contribution is 7.11. The molecule has 2 rings (SSSR count). The lowest BCUT2D eigenvalue weighted by molar-refractivity contribution is 0.0997. The normalized spacial score (nSPS) is 10.3. The number of anilines is 1. The Morgan fingerprint density at radius 3 is 2.77 bits per heavy atom. The minimum atomic E-state index is -0.699. The monoisotopic (exact) mass is 378 g/mol. The number of urea groups is 1. The van der Waals surface area contributed by atoms with E-state index < -0.39 is 5.91 Å². The molecule has 8 nitrogen and oxygen atoms in total. The third kappa shape index (κ3) is 5.09. The molecule has 3 N–H and O–H groups in total. The summed E-state index contributed by atoms with van der Waals surface area (Å²) in [4.78, 5) is 24.8. The van der Waals surface area contributed by atoms with E-state index in [2.05, 4.69) is 9.69 Å². The second-order valence-corrected chi connectivity index (χ2v) is 6.46. The highest BCUT2D eigenvalue weighted by Crippen LogP contribution is 2.30. The summed E-state index contributed by atoms with van der Waals surface area (Å²) in [5.41, 5.74) is 6.62. The topological polar surface area (TPSA) is 107 Å². The Morgan fingerprint density at radius 2 is 2.12 bits per heavy atom. The van der Waals surface area contributed by atoms with Crippen molar-refractivity contribution in [2.24, 2.45) is 5.73 Å². The maximum Gasteiger partial charge on any atom is 0.321 e. The van der Waals surface area contributed by atoms with Gasteiger partial charge >= 0.3 is 6.03 Å². The maximum absolute atomic E-state index is 11.8. The zero-order valence-electron chi connectivity index (χ0n) is 14.9. The van der Waals surface area contributed by atoms with Crippen LogP contribution in [-0.4, -0.2) is 49.0 Å². The second-order valence-electron chi connectivity index (χ2n) is 5.68. The maximum atomic E-state index is 11.8. The zero-order valence-corrected chi connectivity index (χ0v) is 15.8. The number of nitrogens with one attached hydrogen (secondary N) is 1. The largest absolute Gasteiger partial charge is 0.497 e. The molecule has 0 unspecified atom stereocenters. The molecule has 3 amide bonds. The summed E-state index contributed by atoms with van der Waals surface area (Å²) in [5, 5.41) is 2.87. The Balaban J connectivity index is 1.95. The predicted octanol–water partition coefficient (Wildman–Crippen LogP) is 2.36. The summed E-state index contributed by atoms with van der Waals surface area (Å²) in [5.74, 6) is 0.248. The molecule has 0 saturated heterocycles. The van der Waals surface area contributed by atoms with Gasteiger partial charge in [-0.2, -0.15) is 4.37 Å². The van der Waals surface area contributed by atoms with Gasteiger partial charge in [0.25, 0.3) is 5.91 Å². The van der Waals surface area contributed by atoms with E-state index in [1.165, 1.54) is 4.90 Å². The number of rotatable bonds is 8. The molecule has 9 heteroatoms. The van der Waals surface area contributed by atoms with E-state index in [0.717, 1.165) is 35.7 Å². The highest BCUT2D eigenvalue weighted by atomic mass is 32.1. The molecule has 0 fully saturated rings. The Hall–Kier alpha value is -2.81. The Bertz CT molecular complexity index is 776. The fraction of sp³-hybridized carbons (Fsp3) is 0.353. The van der Waals surface area contributed by atoms with Crippen molar-refractivity contribution in [2.75, 3.05) is 33.1 Å². The molecule has 26 heavy (non-hydrogen) atoms. The molecule has 0 aliphatic heterocycles. The van der Waals surface area contributed by atoms with Crippen LogP contribution in [0.2, 0.25) is 0 Å². The van der Waals surface area contributed by atoms with Crippen molar-refractivity contribution in [2.45, 2.75) is 12.8 Å². The molecule has 2 aromatic rings. The molecular weight excluding hydrogens is 356 g/mol. The van der Waals surface area contributed by atoms with Crippen molar-refractivity contribution < 1.29 is 19.1 Å². The average Bonchev–Trinajstić information content (AvgIpc) is 3.01. The number of primary amides is 1. The van der Waals surface area contributed by atoms with Crippen LogP contribution < -0.4 is 20.5 Å². The molecule has 0 atom stereocenters. The van der Waals surface area contributed by atoms with Crippen molar-refractivity contribution in [1.29, 1.82) is 0 Å². The van der Waals surface area contributed by atoms with Crippen LogP contribution in [0.1, 0.15) is 22.3 Å². The van der Waals surface area contributed by atoms with Crippen LogP contribution in [0.15, 0.2) is 24.3 Å². The summed E-state index contributed by atoms with van der Waals surface area (Å²) in [6.45, 7) is 0.363. The quantitative estimate of drug-likeness (QED) is 0.686. The summed E-state index contributed by atoms with van der Waals surface area (Å²) < 4.78 is 14.9. The fourth-order valence-electron chi connectivity index (χ4n) is 2.16. The molecule has 0 spiro atoms. The van der Waals surface area contributed by atoms with Crippen LogP contribution >= 0.6 is 11.5 Å². The summed E-state index contributed by atoms with van der Waals surface area (Å²) in [7, 11) is 4.81. The van der Waals surface area contributed by atoms with Gasteiger partial charge in [-0.3, -0.25) is 10.1 Å². The number of hydrogen-bond donors (Lipinski definition) is 2. The number of nitrogens with zero attached hydrogens (tertiary/aromatic N) is 2. The van der Waals surface area contributed by atoms with Crippen LogP contribution in [0.5, 0.6) is 11.6 Å². The molecule has 0 aliphatic rings. The van der Waals surface area contributed by atoms with Gasteiger partial charge < -0.3 is 20.1 Å². The van der Waals surface area contributed by atoms with Crippen molar-refractivity contribution in [3.63, 3.8) is 0 Å². The van der Waals surface area contributed by atoms with Gasteiger partial charge in [-0.05, 0) is 42.1 Å². The minimum absolute atomic E-state index is 0.0894. The van der Waals surface area contributed by atoms with E-state index >= 15 is 0 Å². The van der Waals surface area contributed by atoms with Gasteiger partial charge in [0.05, 0.1) is 13.7 Å². The number of benzene rings is 1. The first-order valence-corrected chi connectivity index (χ1v) is 8.73. The number of ether oxygens (including phenoxy) is 2. The van der Waals surface area contributed by atoms with E-state index in [4.69, 9.17) is 15.2 Å². The van der Waals surface area contributed by atoms with Crippen LogP contribution in [0.4, 0.5) is 9.80 Å². The van der Waals surface area contributed by atoms with Gasteiger partial charge in [0, 0.05) is 14.1 Å². The number of carbonyl (C=O) groups excluding carboxylic acids is 2. The average molecular weight is 378 g/mol. The van der Waals surface area contributed by atoms with Crippen LogP contribution in [0, 0.1) is 0 Å². The van der Waals surface area contributed by atoms with Gasteiger partial charge in [-0.1, -0.05) is 12.1 Å². The number of hydrogen-bond acceptors (Lipinski definition) is 6. The molecule has 1 heterocycles. The zero-order chi connectivity index (χ0) is 19.1. The minimum Gasteiger partial charge on any atom is -0.497 e. The van der Waals surface area contributed by atoms with E-state index in [9.17, 15) is 9.59 Å². The lowest BCUT2D eigenvalue weighted by atomic mass is 10.1. The van der Waals surface area contributed by atoms with Gasteiger partial charge in [-0.25, -0.2) is 4.79 Å². The van der Waals surface area contributed by atoms with Gasteiger partial charge in [-0.15, -0.1) is 0 Å². The third-order valence-electron chi connectivity index (χ3n) is 3.52.